The minimum absolute atomic E-state index is 0.616. The Bertz CT molecular complexity index is 321. The lowest BCUT2D eigenvalue weighted by Gasteiger charge is -2.25. The van der Waals surface area contributed by atoms with Crippen LogP contribution in [0, 0.1) is 13.8 Å². The second-order valence-corrected chi connectivity index (χ2v) is 5.82. The van der Waals surface area contributed by atoms with E-state index in [9.17, 15) is 0 Å². The maximum Gasteiger partial charge on any atom is 0.0360 e. The van der Waals surface area contributed by atoms with Gasteiger partial charge < -0.3 is 14.4 Å². The molecule has 1 rings (SSSR count). The summed E-state index contributed by atoms with van der Waals surface area (Å²) in [7, 11) is 8.60. The van der Waals surface area contributed by atoms with Crippen molar-refractivity contribution in [2.45, 2.75) is 32.7 Å². The number of hydrogen-bond acceptors (Lipinski definition) is 2. The third kappa shape index (κ3) is 4.46. The lowest BCUT2D eigenvalue weighted by molar-refractivity contribution is 0.299. The van der Waals surface area contributed by atoms with Crippen LogP contribution in [0.4, 0.5) is 0 Å². The van der Waals surface area contributed by atoms with E-state index in [1.54, 1.807) is 0 Å². The van der Waals surface area contributed by atoms with Gasteiger partial charge in [0.15, 0.2) is 0 Å². The third-order valence-corrected chi connectivity index (χ3v) is 3.51. The Kier molecular flexibility index (Phi) is 5.89. The Hall–Kier alpha value is -0.800. The Morgan fingerprint density at radius 1 is 0.889 bits per heavy atom. The summed E-state index contributed by atoms with van der Waals surface area (Å²) >= 11 is 0. The molecule has 1 aromatic rings. The zero-order chi connectivity index (χ0) is 13.7. The van der Waals surface area contributed by atoms with Crippen LogP contribution in [-0.4, -0.2) is 55.6 Å². The summed E-state index contributed by atoms with van der Waals surface area (Å²) in [4.78, 5) is 4.55. The second-order valence-electron chi connectivity index (χ2n) is 5.82. The van der Waals surface area contributed by atoms with Crippen molar-refractivity contribution in [1.29, 1.82) is 0 Å². The molecule has 0 aliphatic heterocycles. The predicted molar refractivity (Wildman–Crippen MR) is 79.3 cm³/mol. The van der Waals surface area contributed by atoms with E-state index in [0.717, 1.165) is 13.1 Å². The van der Waals surface area contributed by atoms with Gasteiger partial charge in [0, 0.05) is 17.4 Å². The fourth-order valence-electron chi connectivity index (χ4n) is 2.47. The van der Waals surface area contributed by atoms with Gasteiger partial charge in [-0.1, -0.05) is 0 Å². The molecule has 1 aromatic heterocycles. The first-order chi connectivity index (χ1) is 8.41. The Balaban J connectivity index is 2.76. The van der Waals surface area contributed by atoms with Crippen LogP contribution in [-0.2, 0) is 0 Å². The normalized spacial score (nSPS) is 12.1. The molecule has 3 heteroatoms. The highest BCUT2D eigenvalue weighted by atomic mass is 15.1. The van der Waals surface area contributed by atoms with Gasteiger partial charge in [0.05, 0.1) is 0 Å². The van der Waals surface area contributed by atoms with Gasteiger partial charge in [0.1, 0.15) is 0 Å². The molecule has 0 aromatic carbocycles. The van der Waals surface area contributed by atoms with Crippen LogP contribution < -0.4 is 0 Å². The first-order valence-corrected chi connectivity index (χ1v) is 6.85. The molecule has 0 unspecified atom stereocenters. The minimum atomic E-state index is 0.616. The van der Waals surface area contributed by atoms with E-state index < -0.39 is 0 Å². The SMILES string of the molecule is Cc1ccc(C)n1C(CCN(C)C)CCN(C)C. The topological polar surface area (TPSA) is 11.4 Å². The first kappa shape index (κ1) is 15.3. The van der Waals surface area contributed by atoms with Crippen LogP contribution in [0.15, 0.2) is 12.1 Å². The fourth-order valence-corrected chi connectivity index (χ4v) is 2.47. The number of hydrogen-bond donors (Lipinski definition) is 0. The molecule has 0 spiro atoms. The molecular weight excluding hydrogens is 222 g/mol. The zero-order valence-corrected chi connectivity index (χ0v) is 12.9. The highest BCUT2D eigenvalue weighted by molar-refractivity contribution is 5.15. The molecule has 0 N–H and O–H groups in total. The van der Waals surface area contributed by atoms with Crippen molar-refractivity contribution in [3.05, 3.63) is 23.5 Å². The summed E-state index contributed by atoms with van der Waals surface area (Å²) in [6.07, 6.45) is 2.44. The van der Waals surface area contributed by atoms with Crippen molar-refractivity contribution >= 4 is 0 Å². The van der Waals surface area contributed by atoms with Crippen LogP contribution in [0.5, 0.6) is 0 Å². The summed E-state index contributed by atoms with van der Waals surface area (Å²) in [5.74, 6) is 0. The summed E-state index contributed by atoms with van der Waals surface area (Å²) in [5.41, 5.74) is 2.77. The number of rotatable bonds is 7. The van der Waals surface area contributed by atoms with Crippen LogP contribution in [0.25, 0.3) is 0 Å². The molecule has 104 valence electrons. The number of nitrogens with zero attached hydrogens (tertiary/aromatic N) is 3. The van der Waals surface area contributed by atoms with Gasteiger partial charge in [-0.2, -0.15) is 0 Å². The van der Waals surface area contributed by atoms with E-state index in [0.29, 0.717) is 6.04 Å². The quantitative estimate of drug-likeness (QED) is 0.738. The molecule has 0 amide bonds. The van der Waals surface area contributed by atoms with Gasteiger partial charge in [0.25, 0.3) is 0 Å². The molecule has 0 saturated carbocycles. The standard InChI is InChI=1S/C15H29N3/c1-13-7-8-14(2)18(13)15(9-11-16(3)4)10-12-17(5)6/h7-8,15H,9-12H2,1-6H3. The van der Waals surface area contributed by atoms with Crippen molar-refractivity contribution < 1.29 is 0 Å². The summed E-state index contributed by atoms with van der Waals surface area (Å²) in [5, 5.41) is 0. The van der Waals surface area contributed by atoms with Crippen LogP contribution in [0.3, 0.4) is 0 Å². The number of aromatic nitrogens is 1. The average Bonchev–Trinajstić information content (AvgIpc) is 2.59. The molecule has 0 saturated heterocycles. The van der Waals surface area contributed by atoms with Crippen LogP contribution in [0.1, 0.15) is 30.3 Å². The minimum Gasteiger partial charge on any atom is -0.346 e. The van der Waals surface area contributed by atoms with E-state index >= 15 is 0 Å². The highest BCUT2D eigenvalue weighted by Gasteiger charge is 2.15. The Morgan fingerprint density at radius 3 is 1.61 bits per heavy atom. The molecule has 0 radical (unpaired) electrons. The highest BCUT2D eigenvalue weighted by Crippen LogP contribution is 2.22. The average molecular weight is 251 g/mol. The van der Waals surface area contributed by atoms with Crippen LogP contribution in [0.2, 0.25) is 0 Å². The smallest absolute Gasteiger partial charge is 0.0360 e. The largest absolute Gasteiger partial charge is 0.346 e. The van der Waals surface area contributed by atoms with E-state index in [2.05, 4.69) is 68.5 Å². The molecule has 1 heterocycles. The number of aryl methyl sites for hydroxylation is 2. The first-order valence-electron chi connectivity index (χ1n) is 6.85. The van der Waals surface area contributed by atoms with E-state index in [-0.39, 0.29) is 0 Å². The molecule has 0 aliphatic rings. The van der Waals surface area contributed by atoms with Gasteiger partial charge in [-0.25, -0.2) is 0 Å². The van der Waals surface area contributed by atoms with E-state index in [4.69, 9.17) is 0 Å². The Morgan fingerprint density at radius 2 is 1.28 bits per heavy atom. The molecule has 18 heavy (non-hydrogen) atoms. The summed E-state index contributed by atoms with van der Waals surface area (Å²) < 4.78 is 2.51. The van der Waals surface area contributed by atoms with Crippen molar-refractivity contribution in [3.63, 3.8) is 0 Å². The third-order valence-electron chi connectivity index (χ3n) is 3.51. The van der Waals surface area contributed by atoms with Crippen molar-refractivity contribution in [2.24, 2.45) is 0 Å². The monoisotopic (exact) mass is 251 g/mol. The molecule has 0 bridgehead atoms. The van der Waals surface area contributed by atoms with Gasteiger partial charge in [-0.05, 0) is 80.1 Å². The molecule has 0 fully saturated rings. The van der Waals surface area contributed by atoms with Crippen LogP contribution >= 0.6 is 0 Å². The summed E-state index contributed by atoms with van der Waals surface area (Å²) in [6.45, 7) is 6.72. The van der Waals surface area contributed by atoms with Gasteiger partial charge >= 0.3 is 0 Å². The van der Waals surface area contributed by atoms with Crippen molar-refractivity contribution in [1.82, 2.24) is 14.4 Å². The van der Waals surface area contributed by atoms with Crippen molar-refractivity contribution in [2.75, 3.05) is 41.3 Å². The van der Waals surface area contributed by atoms with Crippen molar-refractivity contribution in [3.8, 4) is 0 Å². The lowest BCUT2D eigenvalue weighted by Crippen LogP contribution is -2.24. The zero-order valence-electron chi connectivity index (χ0n) is 12.9. The lowest BCUT2D eigenvalue weighted by atomic mass is 10.1. The van der Waals surface area contributed by atoms with E-state index in [1.807, 2.05) is 0 Å². The predicted octanol–water partition coefficient (Wildman–Crippen LogP) is 2.55. The van der Waals surface area contributed by atoms with E-state index in [1.165, 1.54) is 24.2 Å². The van der Waals surface area contributed by atoms with Gasteiger partial charge in [-0.3, -0.25) is 0 Å². The van der Waals surface area contributed by atoms with Gasteiger partial charge in [0.2, 0.25) is 0 Å². The second kappa shape index (κ2) is 6.95. The maximum absolute atomic E-state index is 2.51. The summed E-state index contributed by atoms with van der Waals surface area (Å²) in [6, 6.07) is 5.08. The molecule has 0 aliphatic carbocycles. The van der Waals surface area contributed by atoms with Gasteiger partial charge in [-0.15, -0.1) is 0 Å². The molecule has 3 nitrogen and oxygen atoms in total. The Labute approximate surface area is 112 Å². The molecule has 0 atom stereocenters. The molecular formula is C15H29N3. The maximum atomic E-state index is 2.51. The fraction of sp³-hybridized carbons (Fsp3) is 0.733.